The normalized spacial score (nSPS) is 14.2. The minimum atomic E-state index is -0.273. The molecule has 0 spiro atoms. The quantitative estimate of drug-likeness (QED) is 0.103. The number of amides is 5. The Kier molecular flexibility index (Phi) is 30.4. The van der Waals surface area contributed by atoms with Gasteiger partial charge in [0.05, 0.1) is 17.1 Å². The summed E-state index contributed by atoms with van der Waals surface area (Å²) in [5.74, 6) is 0.600. The van der Waals surface area contributed by atoms with Gasteiger partial charge in [-0.1, -0.05) is 45.0 Å². The third-order valence-corrected chi connectivity index (χ3v) is 16.1. The van der Waals surface area contributed by atoms with Gasteiger partial charge >= 0.3 is 21.3 Å². The van der Waals surface area contributed by atoms with Crippen molar-refractivity contribution in [3.8, 4) is 39.5 Å². The predicted molar refractivity (Wildman–Crippen MR) is 361 cm³/mol. The number of likely N-dealkylation sites (tertiary alicyclic amines) is 2. The first kappa shape index (κ1) is 73.6. The van der Waals surface area contributed by atoms with Gasteiger partial charge in [-0.2, -0.15) is 0 Å². The number of piperidine rings is 3. The maximum atomic E-state index is 12.8. The van der Waals surface area contributed by atoms with Gasteiger partial charge in [-0.3, -0.25) is 28.1 Å². The molecule has 3 aromatic carbocycles. The lowest BCUT2D eigenvalue weighted by atomic mass is 10.0. The Morgan fingerprint density at radius 2 is 0.828 bits per heavy atom. The van der Waals surface area contributed by atoms with Crippen LogP contribution in [-0.4, -0.2) is 175 Å². The molecule has 3 saturated heterocycles. The van der Waals surface area contributed by atoms with Gasteiger partial charge in [-0.05, 0) is 156 Å². The number of hydrogen-bond donors (Lipinski definition) is 2. The number of aromatic hydroxyl groups is 1. The van der Waals surface area contributed by atoms with Crippen molar-refractivity contribution in [3.63, 3.8) is 0 Å². The van der Waals surface area contributed by atoms with Crippen LogP contribution in [0.15, 0.2) is 92.2 Å². The Labute approximate surface area is 549 Å². The molecule has 0 unspecified atom stereocenters. The van der Waals surface area contributed by atoms with Crippen molar-refractivity contribution in [1.29, 1.82) is 0 Å². The van der Waals surface area contributed by atoms with Crippen molar-refractivity contribution >= 4 is 110 Å². The van der Waals surface area contributed by atoms with Crippen LogP contribution in [0.5, 0.6) is 5.75 Å². The number of phenols is 1. The molecule has 25 heteroatoms. The zero-order valence-corrected chi connectivity index (χ0v) is 58.1. The smallest absolute Gasteiger partial charge is 0.369 e. The third kappa shape index (κ3) is 21.7. The Balaban J connectivity index is 0.000000260. The number of nitrogens with one attached hydrogen (secondary N) is 1. The van der Waals surface area contributed by atoms with E-state index in [1.165, 1.54) is 33.1 Å². The molecule has 3 fully saturated rings. The van der Waals surface area contributed by atoms with Crippen molar-refractivity contribution in [2.75, 3.05) is 60.4 Å². The highest BCUT2D eigenvalue weighted by atomic mass is 79.9. The van der Waals surface area contributed by atoms with Crippen LogP contribution >= 0.6 is 71.3 Å². The second kappa shape index (κ2) is 36.0. The Morgan fingerprint density at radius 3 is 1.11 bits per heavy atom. The molecule has 0 saturated carbocycles. The highest BCUT2D eigenvalue weighted by Crippen LogP contribution is 2.27. The molecule has 2 N–H and O–H groups in total. The highest BCUT2D eigenvalue weighted by Gasteiger charge is 2.30. The largest absolute Gasteiger partial charge is 0.508 e. The van der Waals surface area contributed by atoms with Crippen LogP contribution in [0.1, 0.15) is 106 Å². The number of nitrogens with zero attached hydrogens (tertiary/aromatic N) is 11. The fourth-order valence-electron chi connectivity index (χ4n) is 10.0. The van der Waals surface area contributed by atoms with Crippen LogP contribution in [0.25, 0.3) is 33.8 Å². The van der Waals surface area contributed by atoms with E-state index in [2.05, 4.69) is 126 Å². The number of carbonyl (C=O) groups is 6. The zero-order chi connectivity index (χ0) is 63.4. The van der Waals surface area contributed by atoms with Gasteiger partial charge in [-0.25, -0.2) is 29.3 Å². The molecule has 5 amide bonds. The van der Waals surface area contributed by atoms with E-state index in [9.17, 15) is 33.9 Å². The second-order valence-corrected chi connectivity index (χ2v) is 28.5. The van der Waals surface area contributed by atoms with Gasteiger partial charge in [-0.15, -0.1) is 59.7 Å². The lowest BCUT2D eigenvalue weighted by Crippen LogP contribution is -2.48. The fraction of sp³-hybridized carbons (Fsp3) is 0.468. The number of benzene rings is 3. The second-order valence-electron chi connectivity index (χ2n) is 21.6. The monoisotopic (exact) mass is 1430 g/mol. The molecule has 0 aliphatic carbocycles. The van der Waals surface area contributed by atoms with E-state index in [4.69, 9.17) is 11.6 Å². The molecular weight excluding hydrogens is 1350 g/mol. The average molecular weight is 1430 g/mol. The molecule has 9 rings (SSSR count). The molecule has 19 nitrogen and oxygen atoms in total. The predicted octanol–water partition coefficient (Wildman–Crippen LogP) is 12.9. The first-order valence-electron chi connectivity index (χ1n) is 29.1. The molecule has 87 heavy (non-hydrogen) atoms. The minimum absolute atomic E-state index is 0. The number of phenolic OH excluding ortho intramolecular Hbond substituents is 1. The number of aryl methyl sites for hydroxylation is 5. The van der Waals surface area contributed by atoms with Crippen LogP contribution in [0, 0.1) is 34.6 Å². The number of aromatic nitrogens is 6. The van der Waals surface area contributed by atoms with E-state index in [-0.39, 0.29) is 68.6 Å². The average Bonchev–Trinajstić information content (AvgIpc) is 2.73. The van der Waals surface area contributed by atoms with E-state index in [1.807, 2.05) is 67.9 Å². The summed E-state index contributed by atoms with van der Waals surface area (Å²) in [5, 5.41) is 12.7. The summed E-state index contributed by atoms with van der Waals surface area (Å²) in [5.41, 5.74) is 10.9. The molecule has 0 radical (unpaired) electrons. The van der Waals surface area contributed by atoms with Gasteiger partial charge in [0, 0.05) is 120 Å². The van der Waals surface area contributed by atoms with Crippen LogP contribution < -0.4 is 5.32 Å². The van der Waals surface area contributed by atoms with Crippen molar-refractivity contribution < 1.29 is 33.9 Å². The topological polar surface area (TPSA) is 204 Å². The molecular formula is C62H84BBr3Cl2N12O7. The van der Waals surface area contributed by atoms with E-state index in [0.29, 0.717) is 57.2 Å². The van der Waals surface area contributed by atoms with Crippen LogP contribution in [0.4, 0.5) is 14.4 Å². The summed E-state index contributed by atoms with van der Waals surface area (Å²) in [4.78, 5) is 93.8. The van der Waals surface area contributed by atoms with Crippen molar-refractivity contribution in [1.82, 2.24) is 58.5 Å². The summed E-state index contributed by atoms with van der Waals surface area (Å²) in [6.45, 7) is 20.4. The molecule has 3 aliphatic heterocycles. The summed E-state index contributed by atoms with van der Waals surface area (Å²) in [7, 11) is 5.52. The summed E-state index contributed by atoms with van der Waals surface area (Å²) in [6.07, 6.45) is 16.7. The van der Waals surface area contributed by atoms with Crippen molar-refractivity contribution in [3.05, 3.63) is 120 Å². The van der Waals surface area contributed by atoms with Crippen LogP contribution in [0.2, 0.25) is 0 Å². The van der Waals surface area contributed by atoms with E-state index >= 15 is 0 Å². The lowest BCUT2D eigenvalue weighted by Gasteiger charge is -2.36. The van der Waals surface area contributed by atoms with Gasteiger partial charge in [0.15, 0.2) is 0 Å². The molecule has 472 valence electrons. The summed E-state index contributed by atoms with van der Waals surface area (Å²) < 4.78 is 4.90. The molecule has 6 aromatic rings. The molecule has 3 aliphatic rings. The van der Waals surface area contributed by atoms with Gasteiger partial charge in [0.2, 0.25) is 17.1 Å². The van der Waals surface area contributed by atoms with Crippen molar-refractivity contribution in [2.24, 2.45) is 0 Å². The Bertz CT molecular complexity index is 3090. The SMILES string of the molecule is BrB(Br)Br.CCC(=O)Cl.CCC(=O)N1CCC(N(C)C(=O)n2cnc(-c3ccc(C)c(C)c3)c2)CC1.CCC(=O)N1CCC(N(C)C(=O)n2cnc(-c3ccc(O)c(C)c3)c2)CC1.Cc1ccc(-c2cn(C(=O)N(C)C3CCNCC3)cn2)cc1C.Cl. The van der Waals surface area contributed by atoms with Gasteiger partial charge in [0.25, 0.3) is 0 Å². The van der Waals surface area contributed by atoms with Gasteiger partial charge < -0.3 is 34.9 Å². The first-order chi connectivity index (χ1) is 40.9. The molecule has 3 aromatic heterocycles. The maximum Gasteiger partial charge on any atom is 0.369 e. The van der Waals surface area contributed by atoms with E-state index in [1.54, 1.807) is 70.1 Å². The number of halogens is 5. The number of carbonyl (C=O) groups excluding carboxylic acids is 6. The standard InChI is InChI=1S/C21H28N4O2.C20H26N4O3.C18H24N4O.C3H5ClO.BBr3.ClH/c1-5-20(26)24-10-8-18(9-11-24)23(4)21(27)25-13-19(22-14-25)17-7-6-15(2)16(3)12-17;1-4-19(26)23-9-7-16(8-10-23)22(3)20(27)24-12-17(21-13-24)15-5-6-18(25)14(2)11-15;1-13-4-5-15(10-14(13)2)17-11-22(12-20-17)18(23)21(3)16-6-8-19-9-7-16;1-2-3(4)5;2-1(3)4;/h6-7,12-14,18H,5,8-11H2,1-4H3;5-6,11-13,16,25H,4,7-10H2,1-3H3;4-5,10-12,16,19H,6-9H2,1-3H3;2H2,1H3;;1H. The summed E-state index contributed by atoms with van der Waals surface area (Å²) >= 11 is 14.1. The summed E-state index contributed by atoms with van der Waals surface area (Å²) in [6, 6.07) is 18.0. The van der Waals surface area contributed by atoms with Crippen molar-refractivity contribution in [2.45, 2.75) is 131 Å². The van der Waals surface area contributed by atoms with Crippen LogP contribution in [0.3, 0.4) is 0 Å². The minimum Gasteiger partial charge on any atom is -0.508 e. The maximum absolute atomic E-state index is 12.8. The van der Waals surface area contributed by atoms with Gasteiger partial charge in [0.1, 0.15) is 24.7 Å². The molecule has 0 atom stereocenters. The highest BCUT2D eigenvalue weighted by molar-refractivity contribution is 9.69. The number of rotatable bonds is 9. The van der Waals surface area contributed by atoms with E-state index < -0.39 is 0 Å². The first-order valence-corrected chi connectivity index (χ1v) is 32.3. The lowest BCUT2D eigenvalue weighted by molar-refractivity contribution is -0.133. The van der Waals surface area contributed by atoms with E-state index in [0.717, 1.165) is 85.3 Å². The Morgan fingerprint density at radius 1 is 0.529 bits per heavy atom. The number of imidazole rings is 3. The van der Waals surface area contributed by atoms with Crippen LogP contribution in [-0.2, 0) is 14.4 Å². The molecule has 0 bridgehead atoms. The number of hydrogen-bond acceptors (Lipinski definition) is 11. The Hall–Kier alpha value is -5.85. The zero-order valence-electron chi connectivity index (χ0n) is 51.8. The molecule has 6 heterocycles. The third-order valence-electron chi connectivity index (χ3n) is 15.9. The fourth-order valence-corrected chi connectivity index (χ4v) is 10.0.